The maximum atomic E-state index is 4.46. The quantitative estimate of drug-likeness (QED) is 0.766. The first-order chi connectivity index (χ1) is 8.33. The molecule has 5 nitrogen and oxygen atoms in total. The number of fused-ring (bicyclic) bond motifs is 1. The molecule has 1 fully saturated rings. The number of rotatable bonds is 2. The molecule has 0 unspecified atom stereocenters. The number of H-pyrrole nitrogens is 1. The number of imidazole rings is 1. The van der Waals surface area contributed by atoms with Crippen LogP contribution in [0.2, 0.25) is 12.6 Å². The van der Waals surface area contributed by atoms with Gasteiger partial charge in [0.25, 0.3) is 0 Å². The summed E-state index contributed by atoms with van der Waals surface area (Å²) in [5, 5.41) is 3.52. The van der Waals surface area contributed by atoms with Gasteiger partial charge in [-0.15, -0.1) is 0 Å². The molecule has 0 atom stereocenters. The summed E-state index contributed by atoms with van der Waals surface area (Å²) in [4.78, 5) is 16.1. The first-order valence-electron chi connectivity index (χ1n) is 6.27. The van der Waals surface area contributed by atoms with Crippen LogP contribution in [0.4, 0.5) is 5.82 Å². The molecule has 0 aliphatic carbocycles. The van der Waals surface area contributed by atoms with E-state index >= 15 is 0 Å². The first-order valence-corrected chi connectivity index (χ1v) is 6.27. The number of hydrogen-bond donors (Lipinski definition) is 2. The van der Waals surface area contributed by atoms with Crippen LogP contribution < -0.4 is 5.32 Å². The normalized spacial score (nSPS) is 17.0. The number of nitrogens with zero attached hydrogens (tertiary/aromatic N) is 3. The lowest BCUT2D eigenvalue weighted by Crippen LogP contribution is -2.24. The van der Waals surface area contributed by atoms with E-state index in [-0.39, 0.29) is 0 Å². The summed E-state index contributed by atoms with van der Waals surface area (Å²) in [5.74, 6) is 1.65. The first kappa shape index (κ1) is 10.6. The van der Waals surface area contributed by atoms with Gasteiger partial charge in [0.05, 0.1) is 6.33 Å². The topological polar surface area (TPSA) is 66.5 Å². The minimum atomic E-state index is 0.540. The van der Waals surface area contributed by atoms with Crippen molar-refractivity contribution < 1.29 is 0 Å². The zero-order valence-electron chi connectivity index (χ0n) is 10.0. The van der Waals surface area contributed by atoms with Crippen molar-refractivity contribution in [2.45, 2.75) is 38.4 Å². The number of aryl methyl sites for hydroxylation is 1. The molecule has 2 aromatic rings. The van der Waals surface area contributed by atoms with Crippen molar-refractivity contribution >= 4 is 24.3 Å². The van der Waals surface area contributed by atoms with Crippen LogP contribution in [-0.4, -0.2) is 33.3 Å². The van der Waals surface area contributed by atoms with Crippen LogP contribution in [0.15, 0.2) is 6.33 Å². The fourth-order valence-corrected chi connectivity index (χ4v) is 2.49. The average Bonchev–Trinajstić information content (AvgIpc) is 2.78. The molecule has 0 spiro atoms. The fourth-order valence-electron chi connectivity index (χ4n) is 2.49. The molecular formula is C11H16BN5. The third-order valence-electron chi connectivity index (χ3n) is 3.34. The van der Waals surface area contributed by atoms with Crippen LogP contribution in [0.25, 0.3) is 11.2 Å². The van der Waals surface area contributed by atoms with Crippen LogP contribution >= 0.6 is 0 Å². The molecule has 1 aliphatic heterocycles. The van der Waals surface area contributed by atoms with Gasteiger partial charge in [-0.05, 0) is 19.8 Å². The highest BCUT2D eigenvalue weighted by Crippen LogP contribution is 2.22. The van der Waals surface area contributed by atoms with Crippen LogP contribution in [0.1, 0.15) is 18.7 Å². The Morgan fingerprint density at radius 1 is 1.35 bits per heavy atom. The third kappa shape index (κ3) is 2.11. The van der Waals surface area contributed by atoms with Crippen molar-refractivity contribution in [3.63, 3.8) is 0 Å². The Morgan fingerprint density at radius 3 is 3.00 bits per heavy atom. The molecule has 3 heterocycles. The molecule has 0 bridgehead atoms. The lowest BCUT2D eigenvalue weighted by molar-refractivity contribution is 0.641. The molecule has 3 rings (SSSR count). The molecule has 1 saturated heterocycles. The SMILES string of the molecule is Cc1nc(NC2CCBCC2)c2nc[nH]c2n1. The van der Waals surface area contributed by atoms with Crippen molar-refractivity contribution in [3.8, 4) is 0 Å². The second-order valence-corrected chi connectivity index (χ2v) is 4.70. The Kier molecular flexibility index (Phi) is 2.70. The van der Waals surface area contributed by atoms with Gasteiger partial charge in [0, 0.05) is 6.04 Å². The molecule has 0 aromatic carbocycles. The predicted octanol–water partition coefficient (Wildman–Crippen LogP) is 1.51. The van der Waals surface area contributed by atoms with Crippen LogP contribution in [0.5, 0.6) is 0 Å². The molecule has 2 aromatic heterocycles. The van der Waals surface area contributed by atoms with Crippen molar-refractivity contribution in [2.75, 3.05) is 5.32 Å². The summed E-state index contributed by atoms with van der Waals surface area (Å²) in [6, 6.07) is 0.540. The summed E-state index contributed by atoms with van der Waals surface area (Å²) in [6.45, 7) is 1.91. The highest BCUT2D eigenvalue weighted by molar-refractivity contribution is 6.35. The van der Waals surface area contributed by atoms with Gasteiger partial charge in [-0.25, -0.2) is 15.0 Å². The van der Waals surface area contributed by atoms with Gasteiger partial charge >= 0.3 is 0 Å². The highest BCUT2D eigenvalue weighted by atomic mass is 15.1. The van der Waals surface area contributed by atoms with E-state index in [2.05, 4.69) is 25.3 Å². The largest absolute Gasteiger partial charge is 0.365 e. The maximum absolute atomic E-state index is 4.46. The summed E-state index contributed by atoms with van der Waals surface area (Å²) < 4.78 is 0. The van der Waals surface area contributed by atoms with E-state index in [1.54, 1.807) is 6.33 Å². The minimum Gasteiger partial charge on any atom is -0.365 e. The number of aromatic amines is 1. The second-order valence-electron chi connectivity index (χ2n) is 4.70. The van der Waals surface area contributed by atoms with E-state index < -0.39 is 0 Å². The predicted molar refractivity (Wildman–Crippen MR) is 69.8 cm³/mol. The van der Waals surface area contributed by atoms with Gasteiger partial charge in [0.1, 0.15) is 18.6 Å². The van der Waals surface area contributed by atoms with Gasteiger partial charge in [-0.1, -0.05) is 12.6 Å². The Balaban J connectivity index is 1.90. The smallest absolute Gasteiger partial charge is 0.163 e. The molecule has 88 valence electrons. The molecule has 0 amide bonds. The zero-order valence-corrected chi connectivity index (χ0v) is 10.0. The lowest BCUT2D eigenvalue weighted by Gasteiger charge is -2.22. The van der Waals surface area contributed by atoms with Crippen LogP contribution in [0.3, 0.4) is 0 Å². The zero-order chi connectivity index (χ0) is 11.7. The molecular weight excluding hydrogens is 213 g/mol. The van der Waals surface area contributed by atoms with Gasteiger partial charge in [0.2, 0.25) is 0 Å². The van der Waals surface area contributed by atoms with E-state index in [0.717, 1.165) is 22.8 Å². The molecule has 2 N–H and O–H groups in total. The van der Waals surface area contributed by atoms with E-state index in [1.807, 2.05) is 6.92 Å². The Labute approximate surface area is 101 Å². The van der Waals surface area contributed by atoms with E-state index in [9.17, 15) is 0 Å². The summed E-state index contributed by atoms with van der Waals surface area (Å²) in [7, 11) is 1.36. The average molecular weight is 229 g/mol. The van der Waals surface area contributed by atoms with Crippen molar-refractivity contribution in [1.29, 1.82) is 0 Å². The molecule has 0 saturated carbocycles. The standard InChI is InChI=1S/C11H16BN5/c1-7-15-10-9(13-6-14-10)11(16-7)17-8-2-4-12-5-3-8/h6,8,12H,2-5H2,1H3,(H2,13,14,15,16,17). The van der Waals surface area contributed by atoms with Crippen molar-refractivity contribution in [1.82, 2.24) is 19.9 Å². The van der Waals surface area contributed by atoms with E-state index in [0.29, 0.717) is 6.04 Å². The Morgan fingerprint density at radius 2 is 2.18 bits per heavy atom. The number of aromatic nitrogens is 4. The monoisotopic (exact) mass is 229 g/mol. The van der Waals surface area contributed by atoms with E-state index in [1.165, 1.54) is 32.8 Å². The van der Waals surface area contributed by atoms with Gasteiger partial charge < -0.3 is 10.3 Å². The molecule has 1 aliphatic rings. The lowest BCUT2D eigenvalue weighted by atomic mass is 9.63. The number of nitrogens with one attached hydrogen (secondary N) is 2. The minimum absolute atomic E-state index is 0.540. The maximum Gasteiger partial charge on any atom is 0.163 e. The molecule has 17 heavy (non-hydrogen) atoms. The highest BCUT2D eigenvalue weighted by Gasteiger charge is 2.16. The summed E-state index contributed by atoms with van der Waals surface area (Å²) in [5.41, 5.74) is 1.66. The van der Waals surface area contributed by atoms with Gasteiger partial charge in [-0.2, -0.15) is 0 Å². The van der Waals surface area contributed by atoms with Gasteiger partial charge in [0.15, 0.2) is 11.5 Å². The second kappa shape index (κ2) is 4.35. The molecule has 6 heteroatoms. The number of anilines is 1. The van der Waals surface area contributed by atoms with Crippen molar-refractivity contribution in [2.24, 2.45) is 0 Å². The van der Waals surface area contributed by atoms with Crippen molar-refractivity contribution in [3.05, 3.63) is 12.2 Å². The van der Waals surface area contributed by atoms with Gasteiger partial charge in [-0.3, -0.25) is 0 Å². The Hall–Kier alpha value is -1.59. The summed E-state index contributed by atoms with van der Waals surface area (Å²) in [6.07, 6.45) is 6.76. The fraction of sp³-hybridized carbons (Fsp3) is 0.545. The third-order valence-corrected chi connectivity index (χ3v) is 3.34. The van der Waals surface area contributed by atoms with Crippen LogP contribution in [0, 0.1) is 6.92 Å². The van der Waals surface area contributed by atoms with E-state index in [4.69, 9.17) is 0 Å². The molecule has 0 radical (unpaired) electrons. The Bertz CT molecular complexity index is 518. The summed E-state index contributed by atoms with van der Waals surface area (Å²) >= 11 is 0. The number of hydrogen-bond acceptors (Lipinski definition) is 4. The van der Waals surface area contributed by atoms with Crippen LogP contribution in [-0.2, 0) is 0 Å².